The van der Waals surface area contributed by atoms with Crippen LogP contribution in [0.15, 0.2) is 48.5 Å². The normalized spacial score (nSPS) is 14.4. The third kappa shape index (κ3) is 5.92. The minimum Gasteiger partial charge on any atom is -0.406 e. The van der Waals surface area contributed by atoms with Gasteiger partial charge in [-0.3, -0.25) is 4.79 Å². The van der Waals surface area contributed by atoms with Crippen LogP contribution in [0, 0.1) is 0 Å². The van der Waals surface area contributed by atoms with E-state index in [2.05, 4.69) is 4.74 Å². The van der Waals surface area contributed by atoms with Gasteiger partial charge < -0.3 is 9.64 Å². The zero-order chi connectivity index (χ0) is 19.3. The topological polar surface area (TPSA) is 29.5 Å². The van der Waals surface area contributed by atoms with Crippen LogP contribution in [0.1, 0.15) is 34.3 Å². The molecule has 27 heavy (non-hydrogen) atoms. The summed E-state index contributed by atoms with van der Waals surface area (Å²) in [5.41, 5.74) is 2.75. The molecule has 0 bridgehead atoms. The summed E-state index contributed by atoms with van der Waals surface area (Å²) in [6, 6.07) is 13.5. The maximum absolute atomic E-state index is 12.3. The number of ether oxygens (including phenoxy) is 1. The van der Waals surface area contributed by atoms with E-state index in [1.165, 1.54) is 12.1 Å². The minimum atomic E-state index is -4.67. The Morgan fingerprint density at radius 1 is 0.926 bits per heavy atom. The van der Waals surface area contributed by atoms with Gasteiger partial charge in [0.2, 0.25) is 0 Å². The second kappa shape index (κ2) is 8.69. The van der Waals surface area contributed by atoms with E-state index in [1.54, 1.807) is 23.9 Å². The second-order valence-corrected chi connectivity index (χ2v) is 7.37. The van der Waals surface area contributed by atoms with E-state index in [9.17, 15) is 18.0 Å². The number of hydrogen-bond donors (Lipinski definition) is 0. The fraction of sp³-hybridized carbons (Fsp3) is 0.350. The highest BCUT2D eigenvalue weighted by atomic mass is 32.2. The highest BCUT2D eigenvalue weighted by Crippen LogP contribution is 2.25. The number of halogens is 3. The van der Waals surface area contributed by atoms with E-state index in [-0.39, 0.29) is 11.7 Å². The first kappa shape index (κ1) is 19.6. The summed E-state index contributed by atoms with van der Waals surface area (Å²) in [4.78, 5) is 14.2. The predicted molar refractivity (Wildman–Crippen MR) is 99.7 cm³/mol. The van der Waals surface area contributed by atoms with Crippen LogP contribution in [-0.2, 0) is 11.5 Å². The Hall–Kier alpha value is -2.15. The molecule has 0 spiro atoms. The van der Waals surface area contributed by atoms with Gasteiger partial charge in [0.1, 0.15) is 5.75 Å². The molecule has 1 amide bonds. The van der Waals surface area contributed by atoms with Crippen LogP contribution < -0.4 is 4.74 Å². The van der Waals surface area contributed by atoms with Gasteiger partial charge in [-0.05, 0) is 48.2 Å². The summed E-state index contributed by atoms with van der Waals surface area (Å²) < 4.78 is 40.3. The summed E-state index contributed by atoms with van der Waals surface area (Å²) >= 11 is 1.66. The third-order valence-electron chi connectivity index (χ3n) is 4.29. The van der Waals surface area contributed by atoms with Gasteiger partial charge in [-0.25, -0.2) is 0 Å². The first-order valence-electron chi connectivity index (χ1n) is 8.71. The van der Waals surface area contributed by atoms with Crippen molar-refractivity contribution in [1.29, 1.82) is 0 Å². The molecule has 0 N–H and O–H groups in total. The van der Waals surface area contributed by atoms with Crippen LogP contribution in [0.25, 0.3) is 0 Å². The fourth-order valence-corrected chi connectivity index (χ4v) is 3.88. The number of carbonyl (C=O) groups is 1. The van der Waals surface area contributed by atoms with Crippen LogP contribution in [0.5, 0.6) is 5.75 Å². The van der Waals surface area contributed by atoms with Gasteiger partial charge in [-0.1, -0.05) is 24.3 Å². The molecule has 2 aromatic rings. The number of alkyl halides is 3. The number of carbonyl (C=O) groups excluding carboxylic acids is 1. The standard InChI is InChI=1S/C20H20F3NO2S/c21-20(22,23)26-18-9-5-16(6-10-18)14-27-13-15-3-7-17(8-4-15)19(25)24-11-1-2-12-24/h3-10H,1-2,11-14H2. The van der Waals surface area contributed by atoms with Crippen molar-refractivity contribution < 1.29 is 22.7 Å². The van der Waals surface area contributed by atoms with E-state index < -0.39 is 6.36 Å². The van der Waals surface area contributed by atoms with Crippen molar-refractivity contribution >= 4 is 17.7 Å². The van der Waals surface area contributed by atoms with Gasteiger partial charge >= 0.3 is 6.36 Å². The maximum atomic E-state index is 12.3. The largest absolute Gasteiger partial charge is 0.573 e. The molecule has 1 fully saturated rings. The van der Waals surface area contributed by atoms with Gasteiger partial charge in [-0.15, -0.1) is 13.2 Å². The summed E-state index contributed by atoms with van der Waals surface area (Å²) in [6.45, 7) is 1.67. The Bertz CT molecular complexity index is 754. The maximum Gasteiger partial charge on any atom is 0.573 e. The molecule has 0 atom stereocenters. The number of rotatable bonds is 6. The smallest absolute Gasteiger partial charge is 0.406 e. The molecule has 1 heterocycles. The molecule has 1 aliphatic heterocycles. The molecule has 0 unspecified atom stereocenters. The molecule has 3 rings (SSSR count). The molecule has 7 heteroatoms. The number of likely N-dealkylation sites (tertiary alicyclic amines) is 1. The number of nitrogens with zero attached hydrogens (tertiary/aromatic N) is 1. The van der Waals surface area contributed by atoms with Crippen LogP contribution in [0.4, 0.5) is 13.2 Å². The number of benzene rings is 2. The van der Waals surface area contributed by atoms with Gasteiger partial charge in [0.15, 0.2) is 0 Å². The van der Waals surface area contributed by atoms with Crippen LogP contribution in [0.2, 0.25) is 0 Å². The molecule has 144 valence electrons. The third-order valence-corrected chi connectivity index (χ3v) is 5.36. The lowest BCUT2D eigenvalue weighted by atomic mass is 10.1. The monoisotopic (exact) mass is 395 g/mol. The summed E-state index contributed by atoms with van der Waals surface area (Å²) in [6.07, 6.45) is -2.52. The van der Waals surface area contributed by atoms with Crippen molar-refractivity contribution in [2.24, 2.45) is 0 Å². The Morgan fingerprint density at radius 3 is 1.96 bits per heavy atom. The Labute approximate surface area is 160 Å². The molecule has 1 saturated heterocycles. The van der Waals surface area contributed by atoms with Crippen molar-refractivity contribution in [1.82, 2.24) is 4.90 Å². The molecular formula is C20H20F3NO2S. The lowest BCUT2D eigenvalue weighted by Gasteiger charge is -2.15. The lowest BCUT2D eigenvalue weighted by Crippen LogP contribution is -2.27. The Morgan fingerprint density at radius 2 is 1.44 bits per heavy atom. The summed E-state index contributed by atoms with van der Waals surface area (Å²) in [7, 11) is 0. The van der Waals surface area contributed by atoms with Gasteiger partial charge in [0.05, 0.1) is 0 Å². The molecular weight excluding hydrogens is 375 g/mol. The quantitative estimate of drug-likeness (QED) is 0.669. The summed E-state index contributed by atoms with van der Waals surface area (Å²) in [5, 5.41) is 0. The van der Waals surface area contributed by atoms with Crippen molar-refractivity contribution in [2.75, 3.05) is 13.1 Å². The highest BCUT2D eigenvalue weighted by molar-refractivity contribution is 7.97. The van der Waals surface area contributed by atoms with Crippen molar-refractivity contribution in [3.05, 3.63) is 65.2 Å². The van der Waals surface area contributed by atoms with Crippen molar-refractivity contribution in [2.45, 2.75) is 30.7 Å². The first-order chi connectivity index (χ1) is 12.9. The van der Waals surface area contributed by atoms with Gasteiger partial charge in [-0.2, -0.15) is 11.8 Å². The molecule has 2 aromatic carbocycles. The van der Waals surface area contributed by atoms with E-state index >= 15 is 0 Å². The molecule has 0 aliphatic carbocycles. The molecule has 3 nitrogen and oxygen atoms in total. The zero-order valence-corrected chi connectivity index (χ0v) is 15.5. The average molecular weight is 395 g/mol. The van der Waals surface area contributed by atoms with E-state index in [0.29, 0.717) is 11.3 Å². The number of amides is 1. The highest BCUT2D eigenvalue weighted by Gasteiger charge is 2.30. The predicted octanol–water partition coefficient (Wildman–Crippen LogP) is 5.25. The second-order valence-electron chi connectivity index (χ2n) is 6.38. The van der Waals surface area contributed by atoms with E-state index in [0.717, 1.165) is 42.8 Å². The number of hydrogen-bond acceptors (Lipinski definition) is 3. The van der Waals surface area contributed by atoms with Crippen LogP contribution in [0.3, 0.4) is 0 Å². The number of thioether (sulfide) groups is 1. The van der Waals surface area contributed by atoms with E-state index in [4.69, 9.17) is 0 Å². The average Bonchev–Trinajstić information content (AvgIpc) is 3.17. The van der Waals surface area contributed by atoms with Gasteiger partial charge in [0, 0.05) is 30.2 Å². The molecule has 0 aromatic heterocycles. The van der Waals surface area contributed by atoms with Crippen molar-refractivity contribution in [3.63, 3.8) is 0 Å². The summed E-state index contributed by atoms with van der Waals surface area (Å²) in [5.74, 6) is 1.32. The zero-order valence-electron chi connectivity index (χ0n) is 14.7. The lowest BCUT2D eigenvalue weighted by molar-refractivity contribution is -0.274. The SMILES string of the molecule is O=C(c1ccc(CSCc2ccc(OC(F)(F)F)cc2)cc1)N1CCCC1. The molecule has 0 saturated carbocycles. The van der Waals surface area contributed by atoms with E-state index in [1.807, 2.05) is 29.2 Å². The van der Waals surface area contributed by atoms with Crippen LogP contribution >= 0.6 is 11.8 Å². The Kier molecular flexibility index (Phi) is 6.31. The Balaban J connectivity index is 1.47. The molecule has 1 aliphatic rings. The fourth-order valence-electron chi connectivity index (χ4n) is 2.92. The molecule has 0 radical (unpaired) electrons. The minimum absolute atomic E-state index is 0.0906. The van der Waals surface area contributed by atoms with Gasteiger partial charge in [0.25, 0.3) is 5.91 Å². The van der Waals surface area contributed by atoms with Crippen LogP contribution in [-0.4, -0.2) is 30.3 Å². The first-order valence-corrected chi connectivity index (χ1v) is 9.87. The van der Waals surface area contributed by atoms with Crippen molar-refractivity contribution in [3.8, 4) is 5.75 Å².